The molecule has 146 valence electrons. The zero-order chi connectivity index (χ0) is 19.6. The van der Waals surface area contributed by atoms with Gasteiger partial charge in [0.05, 0.1) is 0 Å². The van der Waals surface area contributed by atoms with E-state index >= 15 is 0 Å². The predicted molar refractivity (Wildman–Crippen MR) is 102 cm³/mol. The van der Waals surface area contributed by atoms with Crippen molar-refractivity contribution in [1.82, 2.24) is 20.4 Å². The normalized spacial score (nSPS) is 25.2. The van der Waals surface area contributed by atoms with Gasteiger partial charge in [-0.15, -0.1) is 0 Å². The number of piperazine rings is 1. The van der Waals surface area contributed by atoms with Crippen LogP contribution in [0.4, 0.5) is 0 Å². The van der Waals surface area contributed by atoms with Gasteiger partial charge >= 0.3 is 0 Å². The molecule has 7 nitrogen and oxygen atoms in total. The number of carbonyl (C=O) groups is 3. The van der Waals surface area contributed by atoms with Crippen molar-refractivity contribution in [3.63, 3.8) is 0 Å². The number of rotatable bonds is 5. The summed E-state index contributed by atoms with van der Waals surface area (Å²) >= 11 is 6.10. The Morgan fingerprint density at radius 1 is 1.22 bits per heavy atom. The van der Waals surface area contributed by atoms with Crippen LogP contribution in [0.1, 0.15) is 25.8 Å². The summed E-state index contributed by atoms with van der Waals surface area (Å²) in [5, 5.41) is 6.34. The molecule has 0 unspecified atom stereocenters. The Morgan fingerprint density at radius 3 is 2.67 bits per heavy atom. The van der Waals surface area contributed by atoms with Gasteiger partial charge in [-0.25, -0.2) is 0 Å². The van der Waals surface area contributed by atoms with Crippen LogP contribution in [0, 0.1) is 0 Å². The first-order valence-electron chi connectivity index (χ1n) is 9.14. The maximum Gasteiger partial charge on any atom is 0.242 e. The third-order valence-corrected chi connectivity index (χ3v) is 5.33. The molecule has 1 aromatic carbocycles. The molecule has 2 heterocycles. The summed E-state index contributed by atoms with van der Waals surface area (Å²) in [4.78, 5) is 39.8. The topological polar surface area (TPSA) is 81.8 Å². The molecule has 27 heavy (non-hydrogen) atoms. The van der Waals surface area contributed by atoms with Gasteiger partial charge in [0.2, 0.25) is 17.7 Å². The van der Waals surface area contributed by atoms with Crippen LogP contribution in [0.15, 0.2) is 24.3 Å². The lowest BCUT2D eigenvalue weighted by Crippen LogP contribution is -2.62. The van der Waals surface area contributed by atoms with Gasteiger partial charge in [-0.3, -0.25) is 19.3 Å². The molecule has 0 aromatic heterocycles. The molecular formula is C19H25ClN4O3. The maximum atomic E-state index is 13.1. The Kier molecular flexibility index (Phi) is 6.01. The lowest BCUT2D eigenvalue weighted by molar-refractivity contribution is -0.144. The van der Waals surface area contributed by atoms with Gasteiger partial charge in [0, 0.05) is 57.1 Å². The smallest absolute Gasteiger partial charge is 0.242 e. The maximum absolute atomic E-state index is 13.1. The van der Waals surface area contributed by atoms with Crippen molar-refractivity contribution in [3.05, 3.63) is 34.9 Å². The number of benzene rings is 1. The average molecular weight is 393 g/mol. The van der Waals surface area contributed by atoms with E-state index < -0.39 is 6.04 Å². The van der Waals surface area contributed by atoms with Crippen molar-refractivity contribution in [1.29, 1.82) is 0 Å². The lowest BCUT2D eigenvalue weighted by Gasteiger charge is -2.42. The van der Waals surface area contributed by atoms with Gasteiger partial charge in [-0.05, 0) is 24.1 Å². The fraction of sp³-hybridized carbons (Fsp3) is 0.526. The highest BCUT2D eigenvalue weighted by molar-refractivity contribution is 6.30. The van der Waals surface area contributed by atoms with Crippen LogP contribution in [-0.4, -0.2) is 65.3 Å². The van der Waals surface area contributed by atoms with E-state index in [1.165, 1.54) is 13.8 Å². The van der Waals surface area contributed by atoms with E-state index in [2.05, 4.69) is 15.5 Å². The Bertz CT molecular complexity index is 741. The van der Waals surface area contributed by atoms with Gasteiger partial charge in [0.25, 0.3) is 0 Å². The fourth-order valence-electron chi connectivity index (χ4n) is 4.00. The number of nitrogens with one attached hydrogen (secondary N) is 2. The van der Waals surface area contributed by atoms with E-state index in [9.17, 15) is 14.4 Å². The first-order chi connectivity index (χ1) is 12.8. The van der Waals surface area contributed by atoms with Crippen LogP contribution in [-0.2, 0) is 20.9 Å². The van der Waals surface area contributed by atoms with Gasteiger partial charge in [0.1, 0.15) is 6.04 Å². The summed E-state index contributed by atoms with van der Waals surface area (Å²) in [6.07, 6.45) is 0.740. The molecule has 8 heteroatoms. The summed E-state index contributed by atoms with van der Waals surface area (Å²) < 4.78 is 0. The molecular weight excluding hydrogens is 368 g/mol. The number of halogens is 1. The number of fused-ring (bicyclic) bond motifs is 1. The van der Waals surface area contributed by atoms with Gasteiger partial charge in [-0.2, -0.15) is 0 Å². The zero-order valence-electron chi connectivity index (χ0n) is 15.6. The third-order valence-electron chi connectivity index (χ3n) is 5.10. The van der Waals surface area contributed by atoms with Crippen LogP contribution in [0.3, 0.4) is 0 Å². The highest BCUT2D eigenvalue weighted by Gasteiger charge is 2.45. The monoisotopic (exact) mass is 392 g/mol. The van der Waals surface area contributed by atoms with E-state index in [4.69, 9.17) is 11.6 Å². The zero-order valence-corrected chi connectivity index (χ0v) is 16.3. The molecule has 2 aliphatic rings. The molecule has 0 saturated carbocycles. The number of hydrogen-bond donors (Lipinski definition) is 2. The number of amides is 3. The van der Waals surface area contributed by atoms with Crippen LogP contribution in [0.2, 0.25) is 5.02 Å². The van der Waals surface area contributed by atoms with Gasteiger partial charge < -0.3 is 15.5 Å². The first kappa shape index (κ1) is 19.6. The molecule has 1 aromatic rings. The number of carbonyl (C=O) groups excluding carboxylic acids is 3. The lowest BCUT2D eigenvalue weighted by atomic mass is 10.0. The highest BCUT2D eigenvalue weighted by atomic mass is 35.5. The van der Waals surface area contributed by atoms with E-state index in [0.29, 0.717) is 24.7 Å². The summed E-state index contributed by atoms with van der Waals surface area (Å²) in [5.74, 6) is -0.252. The first-order valence-corrected chi connectivity index (χ1v) is 9.52. The highest BCUT2D eigenvalue weighted by Crippen LogP contribution is 2.27. The Hall–Kier alpha value is -2.12. The van der Waals surface area contributed by atoms with E-state index in [-0.39, 0.29) is 36.3 Å². The van der Waals surface area contributed by atoms with Crippen molar-refractivity contribution in [3.8, 4) is 0 Å². The number of nitrogens with zero attached hydrogens (tertiary/aromatic N) is 2. The molecule has 2 aliphatic heterocycles. The molecule has 3 atom stereocenters. The SMILES string of the molecule is CC(=O)NC[C@H]1C(=O)N2C[C@@H](NC(C)=O)C[C@H]2CN1Cc1cccc(Cl)c1. The Labute approximate surface area is 164 Å². The largest absolute Gasteiger partial charge is 0.354 e. The summed E-state index contributed by atoms with van der Waals surface area (Å²) in [7, 11) is 0. The molecule has 3 rings (SSSR count). The average Bonchev–Trinajstić information content (AvgIpc) is 2.96. The van der Waals surface area contributed by atoms with Crippen molar-refractivity contribution in [2.24, 2.45) is 0 Å². The minimum Gasteiger partial charge on any atom is -0.354 e. The summed E-state index contributed by atoms with van der Waals surface area (Å²) in [6.45, 7) is 4.99. The fourth-order valence-corrected chi connectivity index (χ4v) is 4.21. The Balaban J connectivity index is 1.78. The minimum absolute atomic E-state index is 0.00474. The van der Waals surface area contributed by atoms with E-state index in [1.54, 1.807) is 0 Å². The van der Waals surface area contributed by atoms with Crippen molar-refractivity contribution < 1.29 is 14.4 Å². The molecule has 0 bridgehead atoms. The number of hydrogen-bond acceptors (Lipinski definition) is 4. The molecule has 2 N–H and O–H groups in total. The van der Waals surface area contributed by atoms with Crippen LogP contribution >= 0.6 is 11.6 Å². The van der Waals surface area contributed by atoms with E-state index in [1.807, 2.05) is 29.2 Å². The van der Waals surface area contributed by atoms with Gasteiger partial charge in [-0.1, -0.05) is 23.7 Å². The van der Waals surface area contributed by atoms with Crippen LogP contribution in [0.25, 0.3) is 0 Å². The summed E-state index contributed by atoms with van der Waals surface area (Å²) in [6, 6.07) is 7.18. The third kappa shape index (κ3) is 4.78. The molecule has 0 aliphatic carbocycles. The molecule has 2 fully saturated rings. The van der Waals surface area contributed by atoms with Crippen LogP contribution < -0.4 is 10.6 Å². The summed E-state index contributed by atoms with van der Waals surface area (Å²) in [5.41, 5.74) is 1.02. The minimum atomic E-state index is -0.430. The Morgan fingerprint density at radius 2 is 2.00 bits per heavy atom. The second-order valence-electron chi connectivity index (χ2n) is 7.29. The standard InChI is InChI=1S/C19H25ClN4O3/c1-12(25)21-8-18-19(27)24-10-16(22-13(2)26)7-17(24)11-23(18)9-14-4-3-5-15(20)6-14/h3-6,16-18H,7-11H2,1-2H3,(H,21,25)(H,22,26)/t16-,17-,18-/m0/s1. The molecule has 0 radical (unpaired) electrons. The van der Waals surface area contributed by atoms with Gasteiger partial charge in [0.15, 0.2) is 0 Å². The quantitative estimate of drug-likeness (QED) is 0.775. The molecule has 0 spiro atoms. The van der Waals surface area contributed by atoms with Crippen molar-refractivity contribution in [2.75, 3.05) is 19.6 Å². The second kappa shape index (κ2) is 8.27. The molecule has 2 saturated heterocycles. The van der Waals surface area contributed by atoms with Crippen molar-refractivity contribution in [2.45, 2.75) is 44.9 Å². The van der Waals surface area contributed by atoms with Crippen LogP contribution in [0.5, 0.6) is 0 Å². The van der Waals surface area contributed by atoms with E-state index in [0.717, 1.165) is 12.0 Å². The van der Waals surface area contributed by atoms with Crippen molar-refractivity contribution >= 4 is 29.3 Å². The molecule has 3 amide bonds. The predicted octanol–water partition coefficient (Wildman–Crippen LogP) is 0.766. The second-order valence-corrected chi connectivity index (χ2v) is 7.73.